The van der Waals surface area contributed by atoms with Crippen LogP contribution in [0.15, 0.2) is 22.8 Å². The number of hydrogen-bond donors (Lipinski definition) is 0. The molecule has 0 radical (unpaired) electrons. The molecule has 0 aromatic carbocycles. The van der Waals surface area contributed by atoms with Gasteiger partial charge in [0.15, 0.2) is 0 Å². The third kappa shape index (κ3) is 3.64. The van der Waals surface area contributed by atoms with Crippen LogP contribution in [-0.2, 0) is 4.74 Å². The molecule has 1 heterocycles. The van der Waals surface area contributed by atoms with Gasteiger partial charge in [-0.25, -0.2) is 0 Å². The molecule has 1 atom stereocenters. The van der Waals surface area contributed by atoms with Crippen LogP contribution in [0.2, 0.25) is 0 Å². The number of furan rings is 1. The Kier molecular flexibility index (Phi) is 4.61. The summed E-state index contributed by atoms with van der Waals surface area (Å²) in [6.45, 7) is 5.04. The van der Waals surface area contributed by atoms with Crippen LogP contribution >= 0.6 is 0 Å². The lowest BCUT2D eigenvalue weighted by Gasteiger charge is -2.09. The fourth-order valence-electron chi connectivity index (χ4n) is 1.22. The first-order valence-electron chi connectivity index (χ1n) is 4.99. The molecular weight excluding hydrogens is 164 g/mol. The van der Waals surface area contributed by atoms with Gasteiger partial charge in [-0.2, -0.15) is 0 Å². The number of ether oxygens (including phenoxy) is 1. The van der Waals surface area contributed by atoms with Crippen LogP contribution in [0.4, 0.5) is 0 Å². The fraction of sp³-hybridized carbons (Fsp3) is 0.636. The summed E-state index contributed by atoms with van der Waals surface area (Å²) in [5.41, 5.74) is 0. The molecule has 0 aliphatic rings. The molecule has 0 bridgehead atoms. The van der Waals surface area contributed by atoms with Gasteiger partial charge < -0.3 is 9.15 Å². The van der Waals surface area contributed by atoms with Crippen molar-refractivity contribution in [2.75, 3.05) is 6.61 Å². The lowest BCUT2D eigenvalue weighted by atomic mass is 10.2. The molecule has 0 aliphatic heterocycles. The highest BCUT2D eigenvalue weighted by atomic mass is 16.5. The van der Waals surface area contributed by atoms with Crippen LogP contribution in [0.25, 0.3) is 0 Å². The molecule has 0 fully saturated rings. The Labute approximate surface area is 79.9 Å². The molecule has 1 rings (SSSR count). The van der Waals surface area contributed by atoms with Crippen molar-refractivity contribution in [3.8, 4) is 0 Å². The maximum absolute atomic E-state index is 5.59. The fourth-order valence-corrected chi connectivity index (χ4v) is 1.22. The Hall–Kier alpha value is -0.760. The normalized spacial score (nSPS) is 13.1. The maximum Gasteiger partial charge on any atom is 0.132 e. The van der Waals surface area contributed by atoms with Gasteiger partial charge in [0, 0.05) is 6.61 Å². The Morgan fingerprint density at radius 3 is 2.92 bits per heavy atom. The lowest BCUT2D eigenvalue weighted by Crippen LogP contribution is -2.00. The minimum Gasteiger partial charge on any atom is -0.467 e. The van der Waals surface area contributed by atoms with Crippen LogP contribution in [0.3, 0.4) is 0 Å². The molecule has 0 N–H and O–H groups in total. The number of hydrogen-bond acceptors (Lipinski definition) is 2. The number of rotatable bonds is 6. The van der Waals surface area contributed by atoms with E-state index in [2.05, 4.69) is 6.92 Å². The van der Waals surface area contributed by atoms with Gasteiger partial charge in [-0.05, 0) is 25.5 Å². The van der Waals surface area contributed by atoms with Crippen molar-refractivity contribution in [2.24, 2.45) is 0 Å². The smallest absolute Gasteiger partial charge is 0.132 e. The van der Waals surface area contributed by atoms with Crippen LogP contribution in [0, 0.1) is 0 Å². The van der Waals surface area contributed by atoms with Crippen LogP contribution in [0.1, 0.15) is 45.0 Å². The lowest BCUT2D eigenvalue weighted by molar-refractivity contribution is 0.0483. The van der Waals surface area contributed by atoms with Crippen LogP contribution in [-0.4, -0.2) is 6.61 Å². The molecule has 2 nitrogen and oxygen atoms in total. The van der Waals surface area contributed by atoms with Gasteiger partial charge in [0.1, 0.15) is 11.9 Å². The maximum atomic E-state index is 5.59. The average molecular weight is 182 g/mol. The zero-order chi connectivity index (χ0) is 9.52. The Bertz CT molecular complexity index is 204. The predicted octanol–water partition coefficient (Wildman–Crippen LogP) is 3.55. The zero-order valence-electron chi connectivity index (χ0n) is 8.45. The number of unbranched alkanes of at least 4 members (excludes halogenated alkanes) is 2. The highest BCUT2D eigenvalue weighted by Crippen LogP contribution is 2.16. The predicted molar refractivity (Wildman–Crippen MR) is 52.6 cm³/mol. The molecule has 13 heavy (non-hydrogen) atoms. The molecule has 1 aromatic heterocycles. The Balaban J connectivity index is 2.15. The summed E-state index contributed by atoms with van der Waals surface area (Å²) in [5.74, 6) is 0.913. The molecular formula is C11H18O2. The average Bonchev–Trinajstić information content (AvgIpc) is 2.65. The Morgan fingerprint density at radius 2 is 2.31 bits per heavy atom. The van der Waals surface area contributed by atoms with Crippen molar-refractivity contribution in [1.82, 2.24) is 0 Å². The minimum atomic E-state index is 0.0897. The topological polar surface area (TPSA) is 22.4 Å². The molecule has 74 valence electrons. The zero-order valence-corrected chi connectivity index (χ0v) is 8.45. The molecule has 0 saturated heterocycles. The van der Waals surface area contributed by atoms with E-state index in [-0.39, 0.29) is 6.10 Å². The second kappa shape index (κ2) is 5.81. The molecule has 0 spiro atoms. The van der Waals surface area contributed by atoms with E-state index < -0.39 is 0 Å². The molecule has 1 unspecified atom stereocenters. The van der Waals surface area contributed by atoms with Gasteiger partial charge in [-0.15, -0.1) is 0 Å². The van der Waals surface area contributed by atoms with E-state index >= 15 is 0 Å². The minimum absolute atomic E-state index is 0.0897. The molecule has 1 aromatic rings. The quantitative estimate of drug-likeness (QED) is 0.628. The van der Waals surface area contributed by atoms with Gasteiger partial charge in [0.2, 0.25) is 0 Å². The standard InChI is InChI=1S/C11H18O2/c1-3-4-5-8-12-10(2)11-7-6-9-13-11/h6-7,9-10H,3-5,8H2,1-2H3. The molecule has 2 heteroatoms. The van der Waals surface area contributed by atoms with Crippen molar-refractivity contribution >= 4 is 0 Å². The third-order valence-corrected chi connectivity index (χ3v) is 2.06. The first kappa shape index (κ1) is 10.3. The second-order valence-electron chi connectivity index (χ2n) is 3.24. The van der Waals surface area contributed by atoms with Crippen molar-refractivity contribution in [3.05, 3.63) is 24.2 Å². The van der Waals surface area contributed by atoms with Crippen molar-refractivity contribution in [3.63, 3.8) is 0 Å². The van der Waals surface area contributed by atoms with E-state index in [0.717, 1.165) is 18.8 Å². The molecule has 0 saturated carbocycles. The summed E-state index contributed by atoms with van der Waals surface area (Å²) in [4.78, 5) is 0. The van der Waals surface area contributed by atoms with Crippen molar-refractivity contribution in [1.29, 1.82) is 0 Å². The SMILES string of the molecule is CCCCCOC(C)c1ccco1. The first-order valence-corrected chi connectivity index (χ1v) is 4.99. The Morgan fingerprint density at radius 1 is 1.46 bits per heavy atom. The van der Waals surface area contributed by atoms with Crippen LogP contribution in [0.5, 0.6) is 0 Å². The van der Waals surface area contributed by atoms with Gasteiger partial charge >= 0.3 is 0 Å². The molecule has 0 aliphatic carbocycles. The van der Waals surface area contributed by atoms with Gasteiger partial charge in [-0.1, -0.05) is 19.8 Å². The highest BCUT2D eigenvalue weighted by molar-refractivity contribution is 5.00. The third-order valence-electron chi connectivity index (χ3n) is 2.06. The first-order chi connectivity index (χ1) is 6.34. The van der Waals surface area contributed by atoms with E-state index in [1.54, 1.807) is 6.26 Å². The van der Waals surface area contributed by atoms with Crippen molar-refractivity contribution in [2.45, 2.75) is 39.2 Å². The largest absolute Gasteiger partial charge is 0.467 e. The summed E-state index contributed by atoms with van der Waals surface area (Å²) < 4.78 is 10.8. The summed E-state index contributed by atoms with van der Waals surface area (Å²) in [6, 6.07) is 3.84. The monoisotopic (exact) mass is 182 g/mol. The van der Waals surface area contributed by atoms with Gasteiger partial charge in [-0.3, -0.25) is 0 Å². The highest BCUT2D eigenvalue weighted by Gasteiger charge is 2.06. The second-order valence-corrected chi connectivity index (χ2v) is 3.24. The summed E-state index contributed by atoms with van der Waals surface area (Å²) >= 11 is 0. The van der Waals surface area contributed by atoms with Crippen molar-refractivity contribution < 1.29 is 9.15 Å². The van der Waals surface area contributed by atoms with E-state index in [9.17, 15) is 0 Å². The van der Waals surface area contributed by atoms with E-state index in [1.165, 1.54) is 12.8 Å². The molecule has 0 amide bonds. The van der Waals surface area contributed by atoms with Crippen LogP contribution < -0.4 is 0 Å². The summed E-state index contributed by atoms with van der Waals surface area (Å²) in [6.07, 6.45) is 5.39. The summed E-state index contributed by atoms with van der Waals surface area (Å²) in [7, 11) is 0. The van der Waals surface area contributed by atoms with Gasteiger partial charge in [0.25, 0.3) is 0 Å². The van der Waals surface area contributed by atoms with E-state index in [1.807, 2.05) is 19.1 Å². The summed E-state index contributed by atoms with van der Waals surface area (Å²) in [5, 5.41) is 0. The van der Waals surface area contributed by atoms with E-state index in [4.69, 9.17) is 9.15 Å². The van der Waals surface area contributed by atoms with E-state index in [0.29, 0.717) is 0 Å². The van der Waals surface area contributed by atoms with Gasteiger partial charge in [0.05, 0.1) is 6.26 Å².